The molecule has 24 heavy (non-hydrogen) atoms. The van der Waals surface area contributed by atoms with E-state index in [0.29, 0.717) is 13.1 Å². The van der Waals surface area contributed by atoms with Gasteiger partial charge in [0.15, 0.2) is 6.61 Å². The van der Waals surface area contributed by atoms with Gasteiger partial charge >= 0.3 is 5.97 Å². The number of hydrogen-bond acceptors (Lipinski definition) is 6. The van der Waals surface area contributed by atoms with Crippen LogP contribution in [0.4, 0.5) is 0 Å². The second-order valence-electron chi connectivity index (χ2n) is 4.66. The van der Waals surface area contributed by atoms with Crippen molar-refractivity contribution in [3.63, 3.8) is 0 Å². The molecule has 130 valence electrons. The molecule has 1 amide bonds. The van der Waals surface area contributed by atoms with Crippen LogP contribution in [-0.2, 0) is 24.3 Å². The molecule has 1 N–H and O–H groups in total. The molecule has 1 aromatic carbocycles. The third-order valence-electron chi connectivity index (χ3n) is 3.18. The minimum absolute atomic E-state index is 0.0323. The number of ether oxygens (including phenoxy) is 1. The normalized spacial score (nSPS) is 10.7. The Bertz CT molecular complexity index is 736. The first-order chi connectivity index (χ1) is 11.4. The molecule has 0 aliphatic carbocycles. The number of sulfonamides is 1. The maximum absolute atomic E-state index is 12.1. The summed E-state index contributed by atoms with van der Waals surface area (Å²) in [5.74, 6) is -1.24. The molecule has 0 radical (unpaired) electrons. The van der Waals surface area contributed by atoms with Crippen molar-refractivity contribution in [2.24, 2.45) is 0 Å². The highest BCUT2D eigenvalue weighted by Gasteiger charge is 2.20. The fourth-order valence-corrected chi connectivity index (χ4v) is 3.01. The van der Waals surface area contributed by atoms with Gasteiger partial charge in [0.05, 0.1) is 10.5 Å². The van der Waals surface area contributed by atoms with Crippen LogP contribution in [0, 0.1) is 11.3 Å². The molecule has 0 saturated carbocycles. The lowest BCUT2D eigenvalue weighted by Crippen LogP contribution is -2.36. The SMILES string of the molecule is CCN(CC)C(=O)COC(=O)CNS(=O)(=O)c1ccccc1C#N. The second-order valence-corrected chi connectivity index (χ2v) is 6.39. The highest BCUT2D eigenvalue weighted by atomic mass is 32.2. The number of carbonyl (C=O) groups excluding carboxylic acids is 2. The topological polar surface area (TPSA) is 117 Å². The van der Waals surface area contributed by atoms with Gasteiger partial charge in [-0.15, -0.1) is 0 Å². The van der Waals surface area contributed by atoms with E-state index in [1.54, 1.807) is 19.9 Å². The molecule has 0 atom stereocenters. The van der Waals surface area contributed by atoms with Crippen molar-refractivity contribution in [1.29, 1.82) is 5.26 Å². The van der Waals surface area contributed by atoms with Crippen LogP contribution < -0.4 is 4.72 Å². The van der Waals surface area contributed by atoms with E-state index in [4.69, 9.17) is 10.00 Å². The number of likely N-dealkylation sites (N-methyl/N-ethyl adjacent to an activating group) is 1. The highest BCUT2D eigenvalue weighted by molar-refractivity contribution is 7.89. The van der Waals surface area contributed by atoms with E-state index >= 15 is 0 Å². The molecule has 0 spiro atoms. The molecular formula is C15H19N3O5S. The molecule has 0 saturated heterocycles. The fourth-order valence-electron chi connectivity index (χ4n) is 1.89. The third-order valence-corrected chi connectivity index (χ3v) is 4.64. The Balaban J connectivity index is 2.61. The maximum atomic E-state index is 12.1. The maximum Gasteiger partial charge on any atom is 0.321 e. The molecule has 0 aromatic heterocycles. The van der Waals surface area contributed by atoms with Gasteiger partial charge in [-0.1, -0.05) is 12.1 Å². The Hall–Kier alpha value is -2.44. The molecule has 0 aliphatic rings. The number of nitrogens with zero attached hydrogens (tertiary/aromatic N) is 2. The molecule has 8 nitrogen and oxygen atoms in total. The lowest BCUT2D eigenvalue weighted by molar-refractivity contribution is -0.150. The highest BCUT2D eigenvalue weighted by Crippen LogP contribution is 2.13. The van der Waals surface area contributed by atoms with Crippen LogP contribution in [0.1, 0.15) is 19.4 Å². The third kappa shape index (κ3) is 5.33. The van der Waals surface area contributed by atoms with E-state index in [2.05, 4.69) is 4.72 Å². The number of esters is 1. The van der Waals surface area contributed by atoms with Gasteiger partial charge in [-0.2, -0.15) is 9.98 Å². The largest absolute Gasteiger partial charge is 0.455 e. The summed E-state index contributed by atoms with van der Waals surface area (Å²) in [5, 5.41) is 8.93. The molecule has 9 heteroatoms. The molecule has 1 rings (SSSR count). The van der Waals surface area contributed by atoms with Crippen LogP contribution in [0.2, 0.25) is 0 Å². The molecule has 0 aliphatic heterocycles. The Morgan fingerprint density at radius 1 is 1.25 bits per heavy atom. The number of rotatable bonds is 8. The van der Waals surface area contributed by atoms with Crippen molar-refractivity contribution >= 4 is 21.9 Å². The summed E-state index contributed by atoms with van der Waals surface area (Å²) in [6.07, 6.45) is 0. The smallest absolute Gasteiger partial charge is 0.321 e. The number of carbonyl (C=O) groups is 2. The van der Waals surface area contributed by atoms with Gasteiger partial charge in [0.2, 0.25) is 10.0 Å². The zero-order valence-electron chi connectivity index (χ0n) is 13.5. The number of hydrogen-bond donors (Lipinski definition) is 1. The van der Waals surface area contributed by atoms with Gasteiger partial charge in [0.1, 0.15) is 12.6 Å². The van der Waals surface area contributed by atoms with E-state index in [0.717, 1.165) is 0 Å². The molecule has 0 heterocycles. The Morgan fingerprint density at radius 2 is 1.88 bits per heavy atom. The van der Waals surface area contributed by atoms with E-state index in [-0.39, 0.29) is 16.4 Å². The molecular weight excluding hydrogens is 334 g/mol. The van der Waals surface area contributed by atoms with E-state index in [1.165, 1.54) is 29.2 Å². The minimum Gasteiger partial charge on any atom is -0.455 e. The summed E-state index contributed by atoms with van der Waals surface area (Å²) in [5.41, 5.74) is -0.0323. The van der Waals surface area contributed by atoms with Gasteiger partial charge in [-0.05, 0) is 26.0 Å². The number of nitrogens with one attached hydrogen (secondary N) is 1. The zero-order chi connectivity index (χ0) is 18.2. The average molecular weight is 353 g/mol. The van der Waals surface area contributed by atoms with Gasteiger partial charge in [0.25, 0.3) is 5.91 Å². The van der Waals surface area contributed by atoms with E-state index in [1.807, 2.05) is 0 Å². The standard InChI is InChI=1S/C15H19N3O5S/c1-3-18(4-2)14(19)11-23-15(20)10-17-24(21,22)13-8-6-5-7-12(13)9-16/h5-8,17H,3-4,10-11H2,1-2H3. The van der Waals surface area contributed by atoms with Crippen LogP contribution in [0.3, 0.4) is 0 Å². The zero-order valence-corrected chi connectivity index (χ0v) is 14.3. The first-order valence-corrected chi connectivity index (χ1v) is 8.76. The van der Waals surface area contributed by atoms with Crippen molar-refractivity contribution in [3.8, 4) is 6.07 Å². The average Bonchev–Trinajstić information content (AvgIpc) is 2.59. The molecule has 1 aromatic rings. The Labute approximate surface area is 141 Å². The number of benzene rings is 1. The molecule has 0 unspecified atom stereocenters. The van der Waals surface area contributed by atoms with Gasteiger partial charge in [0, 0.05) is 13.1 Å². The minimum atomic E-state index is -4.03. The first-order valence-electron chi connectivity index (χ1n) is 7.27. The van der Waals surface area contributed by atoms with Crippen LogP contribution in [-0.4, -0.2) is 51.4 Å². The molecule has 0 fully saturated rings. The van der Waals surface area contributed by atoms with Crippen molar-refractivity contribution < 1.29 is 22.7 Å². The first kappa shape index (κ1) is 19.6. The van der Waals surface area contributed by atoms with Gasteiger partial charge in [-0.25, -0.2) is 8.42 Å². The number of amides is 1. The van der Waals surface area contributed by atoms with E-state index in [9.17, 15) is 18.0 Å². The lowest BCUT2D eigenvalue weighted by atomic mass is 10.2. The molecule has 0 bridgehead atoms. The number of nitriles is 1. The van der Waals surface area contributed by atoms with Crippen LogP contribution in [0.15, 0.2) is 29.2 Å². The Kier molecular flexibility index (Phi) is 7.35. The van der Waals surface area contributed by atoms with Crippen molar-refractivity contribution in [3.05, 3.63) is 29.8 Å². The Morgan fingerprint density at radius 3 is 2.46 bits per heavy atom. The summed E-state index contributed by atoms with van der Waals surface area (Å²) in [6.45, 7) is 3.49. The summed E-state index contributed by atoms with van der Waals surface area (Å²) in [4.78, 5) is 24.5. The van der Waals surface area contributed by atoms with E-state index < -0.39 is 29.1 Å². The van der Waals surface area contributed by atoms with Gasteiger partial charge < -0.3 is 9.64 Å². The van der Waals surface area contributed by atoms with Crippen molar-refractivity contribution in [2.75, 3.05) is 26.2 Å². The predicted octanol–water partition coefficient (Wildman–Crippen LogP) is 0.248. The van der Waals surface area contributed by atoms with Crippen LogP contribution >= 0.6 is 0 Å². The fraction of sp³-hybridized carbons (Fsp3) is 0.400. The second kappa shape index (κ2) is 9.00. The summed E-state index contributed by atoms with van der Waals surface area (Å²) < 4.78 is 31.0. The summed E-state index contributed by atoms with van der Waals surface area (Å²) >= 11 is 0. The lowest BCUT2D eigenvalue weighted by Gasteiger charge is -2.18. The van der Waals surface area contributed by atoms with Gasteiger partial charge in [-0.3, -0.25) is 9.59 Å². The summed E-state index contributed by atoms with van der Waals surface area (Å²) in [6, 6.07) is 7.39. The predicted molar refractivity (Wildman–Crippen MR) is 85.2 cm³/mol. The monoisotopic (exact) mass is 353 g/mol. The van der Waals surface area contributed by atoms with Crippen LogP contribution in [0.5, 0.6) is 0 Å². The summed E-state index contributed by atoms with van der Waals surface area (Å²) in [7, 11) is -4.03. The quantitative estimate of drug-likeness (QED) is 0.670. The van der Waals surface area contributed by atoms with Crippen molar-refractivity contribution in [2.45, 2.75) is 18.7 Å². The van der Waals surface area contributed by atoms with Crippen molar-refractivity contribution in [1.82, 2.24) is 9.62 Å². The van der Waals surface area contributed by atoms with Crippen LogP contribution in [0.25, 0.3) is 0 Å².